The van der Waals surface area contributed by atoms with Gasteiger partial charge in [0.05, 0.1) is 32.0 Å². The van der Waals surface area contributed by atoms with Crippen LogP contribution in [-0.4, -0.2) is 59.8 Å². The Bertz CT molecular complexity index is 987. The maximum atomic E-state index is 7.05. The molecule has 5 nitrogen and oxygen atoms in total. The molecule has 0 saturated carbocycles. The Labute approximate surface area is 229 Å². The second kappa shape index (κ2) is 13.3. The lowest BCUT2D eigenvalue weighted by molar-refractivity contribution is -0.115. The average Bonchev–Trinajstić information content (AvgIpc) is 3.43. The van der Waals surface area contributed by atoms with E-state index in [4.69, 9.17) is 23.4 Å². The molecule has 0 radical (unpaired) electrons. The SMILES string of the molecule is C=C(CCC[C@H]1O[C@H](CC2OCCO2)C=C[C@@H]1OC)CO[Si](c1ccccc1)(c1ccccc1)C(C)(C)C. The van der Waals surface area contributed by atoms with Gasteiger partial charge >= 0.3 is 0 Å². The molecule has 0 spiro atoms. The van der Waals surface area contributed by atoms with E-state index in [0.717, 1.165) is 24.8 Å². The van der Waals surface area contributed by atoms with Crippen molar-refractivity contribution in [2.24, 2.45) is 0 Å². The van der Waals surface area contributed by atoms with Gasteiger partial charge in [0.25, 0.3) is 8.32 Å². The van der Waals surface area contributed by atoms with E-state index in [0.29, 0.717) is 26.2 Å². The van der Waals surface area contributed by atoms with Crippen LogP contribution < -0.4 is 10.4 Å². The first-order valence-corrected chi connectivity index (χ1v) is 15.8. The van der Waals surface area contributed by atoms with Gasteiger partial charge in [-0.15, -0.1) is 0 Å². The van der Waals surface area contributed by atoms with E-state index in [1.165, 1.54) is 10.4 Å². The summed E-state index contributed by atoms with van der Waals surface area (Å²) in [5.74, 6) is 0. The van der Waals surface area contributed by atoms with Crippen LogP contribution in [0.15, 0.2) is 85.0 Å². The van der Waals surface area contributed by atoms with Gasteiger partial charge in [0, 0.05) is 13.5 Å². The number of hydrogen-bond donors (Lipinski definition) is 0. The molecule has 2 aromatic carbocycles. The van der Waals surface area contributed by atoms with E-state index >= 15 is 0 Å². The zero-order valence-electron chi connectivity index (χ0n) is 23.4. The summed E-state index contributed by atoms with van der Waals surface area (Å²) < 4.78 is 30.3. The Morgan fingerprint density at radius 1 is 0.947 bits per heavy atom. The Morgan fingerprint density at radius 2 is 1.55 bits per heavy atom. The minimum absolute atomic E-state index is 0.00167. The first-order valence-electron chi connectivity index (χ1n) is 13.8. The van der Waals surface area contributed by atoms with Crippen molar-refractivity contribution in [2.45, 2.75) is 76.1 Å². The first kappa shape index (κ1) is 28.9. The summed E-state index contributed by atoms with van der Waals surface area (Å²) in [7, 11) is -0.824. The lowest BCUT2D eigenvalue weighted by Crippen LogP contribution is -2.66. The second-order valence-corrected chi connectivity index (χ2v) is 15.6. The van der Waals surface area contributed by atoms with Crippen LogP contribution in [0.2, 0.25) is 5.04 Å². The molecule has 2 aliphatic heterocycles. The van der Waals surface area contributed by atoms with Gasteiger partial charge in [0.2, 0.25) is 0 Å². The minimum Gasteiger partial charge on any atom is -0.403 e. The van der Waals surface area contributed by atoms with E-state index in [-0.39, 0.29) is 29.6 Å². The highest BCUT2D eigenvalue weighted by atomic mass is 28.4. The highest BCUT2D eigenvalue weighted by Crippen LogP contribution is 2.37. The Hall–Kier alpha value is -2.06. The standard InChI is InChI=1S/C32H44O5Si/c1-25(13-12-18-30-29(33-5)20-19-26(37-30)23-31-34-21-22-35-31)24-36-38(32(2,3)4,27-14-8-6-9-15-27)28-16-10-7-11-17-28/h6-11,14-17,19-20,26,29-31H,1,12-13,18,21-24H2,2-5H3/t26-,29-,30+/m0/s1. The highest BCUT2D eigenvalue weighted by molar-refractivity contribution is 6.99. The van der Waals surface area contributed by atoms with Gasteiger partial charge in [0.1, 0.15) is 6.10 Å². The average molecular weight is 537 g/mol. The molecule has 1 saturated heterocycles. The number of hydrogen-bond acceptors (Lipinski definition) is 5. The zero-order valence-corrected chi connectivity index (χ0v) is 24.4. The van der Waals surface area contributed by atoms with E-state index in [1.54, 1.807) is 7.11 Å². The van der Waals surface area contributed by atoms with Crippen molar-refractivity contribution in [1.29, 1.82) is 0 Å². The van der Waals surface area contributed by atoms with Crippen LogP contribution in [0.4, 0.5) is 0 Å². The third kappa shape index (κ3) is 6.92. The number of rotatable bonds is 12. The maximum absolute atomic E-state index is 7.05. The normalized spacial score (nSPS) is 22.6. The zero-order chi connectivity index (χ0) is 27.0. The summed E-state index contributed by atoms with van der Waals surface area (Å²) in [6, 6.07) is 21.5. The molecular formula is C32H44O5Si. The third-order valence-corrected chi connectivity index (χ3v) is 12.5. The smallest absolute Gasteiger partial charge is 0.261 e. The van der Waals surface area contributed by atoms with Crippen LogP contribution in [-0.2, 0) is 23.4 Å². The van der Waals surface area contributed by atoms with Crippen molar-refractivity contribution in [2.75, 3.05) is 26.9 Å². The Kier molecular flexibility index (Phi) is 10.2. The van der Waals surface area contributed by atoms with Crippen LogP contribution in [0.25, 0.3) is 0 Å². The summed E-state index contributed by atoms with van der Waals surface area (Å²) >= 11 is 0. The molecule has 2 heterocycles. The monoisotopic (exact) mass is 536 g/mol. The van der Waals surface area contributed by atoms with Crippen molar-refractivity contribution in [3.8, 4) is 0 Å². The molecule has 0 aliphatic carbocycles. The van der Waals surface area contributed by atoms with E-state index in [2.05, 4.69) is 100 Å². The van der Waals surface area contributed by atoms with E-state index in [1.807, 2.05) is 0 Å². The Balaban J connectivity index is 1.38. The molecule has 2 aromatic rings. The van der Waals surface area contributed by atoms with Gasteiger partial charge in [-0.1, -0.05) is 106 Å². The first-order chi connectivity index (χ1) is 18.3. The number of benzene rings is 2. The molecule has 3 atom stereocenters. The molecule has 2 aliphatic rings. The van der Waals surface area contributed by atoms with E-state index < -0.39 is 8.32 Å². The summed E-state index contributed by atoms with van der Waals surface area (Å²) in [6.07, 6.45) is 7.41. The summed E-state index contributed by atoms with van der Waals surface area (Å²) in [4.78, 5) is 0. The van der Waals surface area contributed by atoms with Crippen LogP contribution in [0.3, 0.4) is 0 Å². The van der Waals surface area contributed by atoms with Crippen molar-refractivity contribution >= 4 is 18.7 Å². The summed E-state index contributed by atoms with van der Waals surface area (Å²) in [6.45, 7) is 13.2. The summed E-state index contributed by atoms with van der Waals surface area (Å²) in [5.41, 5.74) is 1.11. The topological polar surface area (TPSA) is 46.2 Å². The molecule has 38 heavy (non-hydrogen) atoms. The van der Waals surface area contributed by atoms with Crippen LogP contribution in [0.5, 0.6) is 0 Å². The van der Waals surface area contributed by atoms with E-state index in [9.17, 15) is 0 Å². The third-order valence-electron chi connectivity index (χ3n) is 7.55. The molecular weight excluding hydrogens is 492 g/mol. The predicted octanol–water partition coefficient (Wildman–Crippen LogP) is 5.39. The van der Waals surface area contributed by atoms with Crippen LogP contribution >= 0.6 is 0 Å². The van der Waals surface area contributed by atoms with Crippen molar-refractivity contribution in [3.63, 3.8) is 0 Å². The lowest BCUT2D eigenvalue weighted by Gasteiger charge is -2.43. The van der Waals surface area contributed by atoms with Gasteiger partial charge in [-0.25, -0.2) is 0 Å². The molecule has 0 aromatic heterocycles. The van der Waals surface area contributed by atoms with Gasteiger partial charge in [0.15, 0.2) is 6.29 Å². The molecule has 1 fully saturated rings. The maximum Gasteiger partial charge on any atom is 0.261 e. The predicted molar refractivity (Wildman–Crippen MR) is 155 cm³/mol. The van der Waals surface area contributed by atoms with Crippen molar-refractivity contribution in [3.05, 3.63) is 85.0 Å². The van der Waals surface area contributed by atoms with Gasteiger partial charge in [-0.3, -0.25) is 0 Å². The van der Waals surface area contributed by atoms with Crippen LogP contribution in [0, 0.1) is 0 Å². The molecule has 0 bridgehead atoms. The lowest BCUT2D eigenvalue weighted by atomic mass is 10.00. The molecule has 0 N–H and O–H groups in total. The summed E-state index contributed by atoms with van der Waals surface area (Å²) in [5, 5.41) is 2.53. The van der Waals surface area contributed by atoms with Gasteiger partial charge in [-0.05, 0) is 34.7 Å². The van der Waals surface area contributed by atoms with Crippen molar-refractivity contribution < 1.29 is 23.4 Å². The molecule has 0 amide bonds. The highest BCUT2D eigenvalue weighted by Gasteiger charge is 2.50. The fourth-order valence-corrected chi connectivity index (χ4v) is 10.2. The number of methoxy groups -OCH3 is 1. The molecule has 6 heteroatoms. The quantitative estimate of drug-likeness (QED) is 0.269. The fourth-order valence-electron chi connectivity index (χ4n) is 5.63. The molecule has 0 unspecified atom stereocenters. The van der Waals surface area contributed by atoms with Gasteiger partial charge < -0.3 is 23.4 Å². The molecule has 206 valence electrons. The largest absolute Gasteiger partial charge is 0.403 e. The van der Waals surface area contributed by atoms with Crippen molar-refractivity contribution in [1.82, 2.24) is 0 Å². The second-order valence-electron chi connectivity index (χ2n) is 11.3. The van der Waals surface area contributed by atoms with Crippen LogP contribution in [0.1, 0.15) is 46.5 Å². The number of ether oxygens (including phenoxy) is 4. The Morgan fingerprint density at radius 3 is 2.11 bits per heavy atom. The minimum atomic E-state index is -2.57. The fraction of sp³-hybridized carbons (Fsp3) is 0.500. The molecule has 4 rings (SSSR count). The van der Waals surface area contributed by atoms with Gasteiger partial charge in [-0.2, -0.15) is 0 Å².